The minimum Gasteiger partial charge on any atom is -0.195 e. The lowest BCUT2D eigenvalue weighted by atomic mass is 9.79. The Bertz CT molecular complexity index is 672. The van der Waals surface area contributed by atoms with Crippen LogP contribution in [0.3, 0.4) is 0 Å². The van der Waals surface area contributed by atoms with Crippen molar-refractivity contribution in [1.29, 1.82) is 5.26 Å². The fourth-order valence-corrected chi connectivity index (χ4v) is 4.57. The highest BCUT2D eigenvalue weighted by Gasteiger charge is 2.18. The van der Waals surface area contributed by atoms with Gasteiger partial charge >= 0.3 is 0 Å². The van der Waals surface area contributed by atoms with Crippen LogP contribution in [0.2, 0.25) is 0 Å². The second kappa shape index (κ2) is 15.0. The summed E-state index contributed by atoms with van der Waals surface area (Å²) in [6.07, 6.45) is 23.2. The number of hydrogen-bond acceptors (Lipinski definition) is 1. The van der Waals surface area contributed by atoms with Gasteiger partial charge in [-0.05, 0) is 80.4 Å². The number of allylic oxidation sites excluding steroid dienone is 4. The second-order valence-corrected chi connectivity index (χ2v) is 9.02. The molecule has 1 saturated carbocycles. The molecule has 0 aliphatic heterocycles. The molecule has 0 radical (unpaired) electrons. The van der Waals surface area contributed by atoms with E-state index in [4.69, 9.17) is 5.26 Å². The zero-order valence-corrected chi connectivity index (χ0v) is 18.9. The third-order valence-electron chi connectivity index (χ3n) is 6.54. The van der Waals surface area contributed by atoms with E-state index < -0.39 is 5.83 Å². The number of rotatable bonds is 13. The van der Waals surface area contributed by atoms with E-state index in [1.807, 2.05) is 0 Å². The van der Waals surface area contributed by atoms with E-state index in [0.29, 0.717) is 5.92 Å². The molecule has 1 aromatic carbocycles. The van der Waals surface area contributed by atoms with Gasteiger partial charge in [-0.2, -0.15) is 9.65 Å². The summed E-state index contributed by atoms with van der Waals surface area (Å²) in [5.74, 6) is 0.697. The molecule has 0 bridgehead atoms. The van der Waals surface area contributed by atoms with Crippen molar-refractivity contribution in [3.63, 3.8) is 0 Å². The maximum Gasteiger partial charge on any atom is 0.199 e. The predicted molar refractivity (Wildman–Crippen MR) is 126 cm³/mol. The molecule has 2 rings (SSSR count). The molecule has 0 N–H and O–H groups in total. The number of nitrogens with zero attached hydrogens (tertiary/aromatic N) is 1. The molecule has 0 amide bonds. The van der Waals surface area contributed by atoms with Crippen molar-refractivity contribution < 1.29 is 4.39 Å². The summed E-state index contributed by atoms with van der Waals surface area (Å²) in [7, 11) is 0. The molecule has 30 heavy (non-hydrogen) atoms. The van der Waals surface area contributed by atoms with E-state index >= 15 is 0 Å². The minimum absolute atomic E-state index is 0.550. The average molecular weight is 410 g/mol. The number of hydrogen-bond donors (Lipinski definition) is 0. The molecule has 1 aliphatic carbocycles. The summed E-state index contributed by atoms with van der Waals surface area (Å²) in [5.41, 5.74) is 2.98. The Hall–Kier alpha value is -1.88. The van der Waals surface area contributed by atoms with Crippen LogP contribution in [0.1, 0.15) is 95.1 Å². The van der Waals surface area contributed by atoms with Crippen molar-refractivity contribution in [2.45, 2.75) is 96.8 Å². The third kappa shape index (κ3) is 10.2. The number of aryl methyl sites for hydroxylation is 2. The van der Waals surface area contributed by atoms with Gasteiger partial charge in [0.15, 0.2) is 5.83 Å². The molecule has 0 atom stereocenters. The van der Waals surface area contributed by atoms with E-state index in [1.54, 1.807) is 6.08 Å². The van der Waals surface area contributed by atoms with E-state index in [9.17, 15) is 4.39 Å². The highest BCUT2D eigenvalue weighted by molar-refractivity contribution is 5.22. The molecular formula is C28H40FN. The first-order valence-electron chi connectivity index (χ1n) is 12.2. The van der Waals surface area contributed by atoms with Gasteiger partial charge in [0.25, 0.3) is 0 Å². The number of benzene rings is 1. The van der Waals surface area contributed by atoms with Crippen LogP contribution >= 0.6 is 0 Å². The van der Waals surface area contributed by atoms with Gasteiger partial charge in [-0.15, -0.1) is 0 Å². The standard InChI is InChI=1S/C28H40FN/c1-2-3-4-5-6-10-24-15-17-25(18-16-24)11-7-8-12-26-19-21-27(22-20-26)13-9-14-28(29)23-30/h9,13-18,26-27H,2-8,10-12,19-22H2,1H3/b13-9+,28-14-. The van der Waals surface area contributed by atoms with E-state index in [2.05, 4.69) is 37.3 Å². The van der Waals surface area contributed by atoms with Gasteiger partial charge in [0.05, 0.1) is 0 Å². The van der Waals surface area contributed by atoms with E-state index in [-0.39, 0.29) is 0 Å². The summed E-state index contributed by atoms with van der Waals surface area (Å²) in [5, 5.41) is 8.42. The van der Waals surface area contributed by atoms with Crippen LogP contribution in [0.15, 0.2) is 48.3 Å². The minimum atomic E-state index is -0.711. The van der Waals surface area contributed by atoms with Crippen LogP contribution in [0.5, 0.6) is 0 Å². The summed E-state index contributed by atoms with van der Waals surface area (Å²) in [6.45, 7) is 2.27. The van der Waals surface area contributed by atoms with Crippen molar-refractivity contribution in [3.8, 4) is 6.07 Å². The molecule has 0 unspecified atom stereocenters. The van der Waals surface area contributed by atoms with Crippen molar-refractivity contribution in [2.24, 2.45) is 11.8 Å². The molecular weight excluding hydrogens is 369 g/mol. The van der Waals surface area contributed by atoms with Crippen LogP contribution in [0.25, 0.3) is 0 Å². The molecule has 0 saturated heterocycles. The smallest absolute Gasteiger partial charge is 0.195 e. The third-order valence-corrected chi connectivity index (χ3v) is 6.54. The lowest BCUT2D eigenvalue weighted by molar-refractivity contribution is 0.289. The summed E-state index contributed by atoms with van der Waals surface area (Å²) in [4.78, 5) is 0. The first-order valence-corrected chi connectivity index (χ1v) is 12.2. The van der Waals surface area contributed by atoms with Crippen molar-refractivity contribution in [1.82, 2.24) is 0 Å². The molecule has 1 nitrogen and oxygen atoms in total. The second-order valence-electron chi connectivity index (χ2n) is 9.02. The Kier molecular flexibility index (Phi) is 12.2. The monoisotopic (exact) mass is 409 g/mol. The normalized spacial score (nSPS) is 19.8. The van der Waals surface area contributed by atoms with Gasteiger partial charge in [-0.1, -0.05) is 81.9 Å². The fourth-order valence-electron chi connectivity index (χ4n) is 4.57. The van der Waals surface area contributed by atoms with Crippen LogP contribution in [0, 0.1) is 23.2 Å². The number of halogens is 1. The molecule has 2 heteroatoms. The Morgan fingerprint density at radius 3 is 2.13 bits per heavy atom. The highest BCUT2D eigenvalue weighted by atomic mass is 19.1. The maximum absolute atomic E-state index is 12.8. The Balaban J connectivity index is 1.55. The lowest BCUT2D eigenvalue weighted by Gasteiger charge is -2.26. The topological polar surface area (TPSA) is 23.8 Å². The zero-order valence-electron chi connectivity index (χ0n) is 18.9. The van der Waals surface area contributed by atoms with Gasteiger partial charge in [-0.25, -0.2) is 0 Å². The van der Waals surface area contributed by atoms with Gasteiger partial charge in [0.2, 0.25) is 0 Å². The Morgan fingerprint density at radius 1 is 0.933 bits per heavy atom. The number of unbranched alkanes of at least 4 members (excludes halogenated alkanes) is 5. The summed E-state index contributed by atoms with van der Waals surface area (Å²) < 4.78 is 12.8. The molecule has 0 spiro atoms. The summed E-state index contributed by atoms with van der Waals surface area (Å²) in [6, 6.07) is 10.9. The average Bonchev–Trinajstić information content (AvgIpc) is 2.78. The molecule has 1 aliphatic rings. The quantitative estimate of drug-likeness (QED) is 0.182. The Labute approximate surface area is 184 Å². The lowest BCUT2D eigenvalue weighted by Crippen LogP contribution is -2.13. The van der Waals surface area contributed by atoms with Crippen molar-refractivity contribution >= 4 is 0 Å². The van der Waals surface area contributed by atoms with Gasteiger partial charge < -0.3 is 0 Å². The van der Waals surface area contributed by atoms with Gasteiger partial charge in [0.1, 0.15) is 6.07 Å². The van der Waals surface area contributed by atoms with Crippen LogP contribution in [-0.4, -0.2) is 0 Å². The molecule has 1 fully saturated rings. The summed E-state index contributed by atoms with van der Waals surface area (Å²) >= 11 is 0. The molecule has 0 aromatic heterocycles. The van der Waals surface area contributed by atoms with E-state index in [0.717, 1.165) is 5.92 Å². The van der Waals surface area contributed by atoms with Crippen LogP contribution < -0.4 is 0 Å². The maximum atomic E-state index is 12.8. The van der Waals surface area contributed by atoms with Crippen LogP contribution in [0.4, 0.5) is 4.39 Å². The van der Waals surface area contributed by atoms with Gasteiger partial charge in [0, 0.05) is 0 Å². The number of nitriles is 1. The Morgan fingerprint density at radius 2 is 1.53 bits per heavy atom. The first kappa shape index (κ1) is 24.4. The SMILES string of the molecule is CCCCCCCc1ccc(CCCCC2CCC(/C=C/C=C(\F)C#N)CC2)cc1. The van der Waals surface area contributed by atoms with Crippen molar-refractivity contribution in [2.75, 3.05) is 0 Å². The molecule has 1 aromatic rings. The van der Waals surface area contributed by atoms with E-state index in [1.165, 1.54) is 113 Å². The fraction of sp³-hybridized carbons (Fsp3) is 0.607. The van der Waals surface area contributed by atoms with Crippen molar-refractivity contribution in [3.05, 3.63) is 59.4 Å². The first-order chi connectivity index (χ1) is 14.7. The zero-order chi connectivity index (χ0) is 21.4. The molecule has 164 valence electrons. The molecule has 0 heterocycles. The van der Waals surface area contributed by atoms with Gasteiger partial charge in [-0.3, -0.25) is 0 Å². The predicted octanol–water partition coefficient (Wildman–Crippen LogP) is 8.65. The highest BCUT2D eigenvalue weighted by Crippen LogP contribution is 2.32. The van der Waals surface area contributed by atoms with Crippen LogP contribution in [-0.2, 0) is 12.8 Å². The largest absolute Gasteiger partial charge is 0.199 e.